The third kappa shape index (κ3) is 23.7. The molecular formula is C65H95N3O8. The molecule has 0 saturated carbocycles. The number of pyridine rings is 1. The highest BCUT2D eigenvalue weighted by Crippen LogP contribution is 2.35. The standard InChI is InChI=1S/C65H95N3O8/c1-14-15-22-43(4)57(39-60(66)71)51(12)64(75)49(10)35-42(3)34-48(9)63(74)46(7)29-31-56(70)38-59-54(27-21-32-68-59)26-20-19-23-44(5)58(40-61(67)72)52(13)65(76)50(11)36-41(2)33-47(8)62(73)45(6)28-30-55(69)37-53-24-17-16-18-25-53/h14-34,43-52,57-58,62-65,73-76H,1,35-40H2,2-13H3,(H2,66,71)(H2,67,72)/b22-15-,23-19-,26-20-,30-28-,31-29-,41-33-,42-34-. The molecule has 0 saturated heterocycles. The van der Waals surface area contributed by atoms with Crippen LogP contribution in [0, 0.1) is 71.0 Å². The zero-order valence-corrected chi connectivity index (χ0v) is 47.8. The predicted molar refractivity (Wildman–Crippen MR) is 311 cm³/mol. The van der Waals surface area contributed by atoms with Gasteiger partial charge in [-0.15, -0.1) is 0 Å². The Hall–Kier alpha value is -5.59. The van der Waals surface area contributed by atoms with Gasteiger partial charge in [0.25, 0.3) is 0 Å². The fraction of sp³-hybridized carbons (Fsp3) is 0.523. The summed E-state index contributed by atoms with van der Waals surface area (Å²) in [4.78, 5) is 54.5. The van der Waals surface area contributed by atoms with Crippen molar-refractivity contribution in [2.75, 3.05) is 0 Å². The maximum absolute atomic E-state index is 13.3. The van der Waals surface area contributed by atoms with Gasteiger partial charge in [0.1, 0.15) is 0 Å². The largest absolute Gasteiger partial charge is 0.393 e. The third-order valence-corrected chi connectivity index (χ3v) is 15.4. The summed E-state index contributed by atoms with van der Waals surface area (Å²) >= 11 is 0. The van der Waals surface area contributed by atoms with E-state index in [1.807, 2.05) is 168 Å². The number of carbonyl (C=O) groups is 4. The van der Waals surface area contributed by atoms with Crippen molar-refractivity contribution in [3.8, 4) is 0 Å². The predicted octanol–water partition coefficient (Wildman–Crippen LogP) is 10.9. The Balaban J connectivity index is 2.04. The van der Waals surface area contributed by atoms with Gasteiger partial charge < -0.3 is 31.9 Å². The van der Waals surface area contributed by atoms with Gasteiger partial charge in [0.05, 0.1) is 36.5 Å². The molecule has 8 N–H and O–H groups in total. The molecule has 418 valence electrons. The Kier molecular flexibility index (Phi) is 30.0. The number of nitrogens with zero attached hydrogens (tertiary/aromatic N) is 1. The molecule has 11 nitrogen and oxygen atoms in total. The van der Waals surface area contributed by atoms with Gasteiger partial charge in [0.2, 0.25) is 11.8 Å². The molecule has 0 fully saturated rings. The minimum absolute atomic E-state index is 0.0186. The van der Waals surface area contributed by atoms with Crippen molar-refractivity contribution >= 4 is 29.5 Å². The summed E-state index contributed by atoms with van der Waals surface area (Å²) in [6.45, 7) is 27.3. The summed E-state index contributed by atoms with van der Waals surface area (Å²) in [5, 5.41) is 45.4. The molecule has 2 aromatic rings. The number of rotatable bonds is 35. The van der Waals surface area contributed by atoms with E-state index < -0.39 is 36.2 Å². The van der Waals surface area contributed by atoms with E-state index in [1.165, 1.54) is 6.08 Å². The van der Waals surface area contributed by atoms with Crippen LogP contribution in [0.3, 0.4) is 0 Å². The van der Waals surface area contributed by atoms with E-state index in [2.05, 4.69) is 11.6 Å². The zero-order chi connectivity index (χ0) is 57.2. The van der Waals surface area contributed by atoms with Gasteiger partial charge in [-0.3, -0.25) is 24.2 Å². The minimum atomic E-state index is -0.758. The lowest BCUT2D eigenvalue weighted by Crippen LogP contribution is -2.36. The Bertz CT molecular complexity index is 2350. The maximum Gasteiger partial charge on any atom is 0.217 e. The second-order valence-electron chi connectivity index (χ2n) is 22.3. The van der Waals surface area contributed by atoms with Crippen molar-refractivity contribution in [3.63, 3.8) is 0 Å². The number of aromatic nitrogens is 1. The van der Waals surface area contributed by atoms with Crippen LogP contribution < -0.4 is 11.5 Å². The highest BCUT2D eigenvalue weighted by atomic mass is 16.3. The highest BCUT2D eigenvalue weighted by molar-refractivity contribution is 5.92. The van der Waals surface area contributed by atoms with Crippen LogP contribution >= 0.6 is 0 Å². The average Bonchev–Trinajstić information content (AvgIpc) is 3.37. The van der Waals surface area contributed by atoms with E-state index in [1.54, 1.807) is 36.6 Å². The molecule has 1 aromatic carbocycles. The van der Waals surface area contributed by atoms with E-state index in [-0.39, 0.29) is 102 Å². The molecule has 2 rings (SSSR count). The number of aliphatic hydroxyl groups is 4. The van der Waals surface area contributed by atoms with Crippen molar-refractivity contribution < 1.29 is 39.6 Å². The van der Waals surface area contributed by atoms with Gasteiger partial charge in [-0.25, -0.2) is 0 Å². The van der Waals surface area contributed by atoms with Crippen LogP contribution in [0.5, 0.6) is 0 Å². The Labute approximate surface area is 456 Å². The molecular weight excluding hydrogens is 951 g/mol. The molecule has 16 unspecified atom stereocenters. The second kappa shape index (κ2) is 34.2. The molecule has 76 heavy (non-hydrogen) atoms. The van der Waals surface area contributed by atoms with Gasteiger partial charge in [-0.1, -0.05) is 190 Å². The topological polar surface area (TPSA) is 214 Å². The lowest BCUT2D eigenvalue weighted by molar-refractivity contribution is -0.121. The molecule has 0 spiro atoms. The molecule has 1 heterocycles. The number of nitrogens with two attached hydrogens (primary N) is 2. The summed E-state index contributed by atoms with van der Waals surface area (Å²) in [6.07, 6.45) is 24.4. The molecule has 0 aliphatic heterocycles. The molecule has 0 bridgehead atoms. The summed E-state index contributed by atoms with van der Waals surface area (Å²) in [5.41, 5.74) is 15.7. The quantitative estimate of drug-likeness (QED) is 0.0220. The lowest BCUT2D eigenvalue weighted by atomic mass is 9.74. The summed E-state index contributed by atoms with van der Waals surface area (Å²) in [5.74, 6) is -3.18. The van der Waals surface area contributed by atoms with E-state index in [0.717, 1.165) is 22.3 Å². The van der Waals surface area contributed by atoms with Crippen LogP contribution in [0.4, 0.5) is 0 Å². The first-order chi connectivity index (χ1) is 35.8. The average molecular weight is 1050 g/mol. The Morgan fingerprint density at radius 2 is 0.987 bits per heavy atom. The molecule has 2 amide bonds. The van der Waals surface area contributed by atoms with Gasteiger partial charge in [-0.2, -0.15) is 0 Å². The zero-order valence-electron chi connectivity index (χ0n) is 47.8. The van der Waals surface area contributed by atoms with Crippen molar-refractivity contribution in [2.45, 2.75) is 146 Å². The Morgan fingerprint density at radius 3 is 1.43 bits per heavy atom. The van der Waals surface area contributed by atoms with Crippen LogP contribution in [-0.4, -0.2) is 73.2 Å². The number of benzene rings is 1. The van der Waals surface area contributed by atoms with E-state index >= 15 is 0 Å². The number of aliphatic hydroxyl groups excluding tert-OH is 4. The van der Waals surface area contributed by atoms with Crippen molar-refractivity contribution in [1.82, 2.24) is 4.98 Å². The molecule has 16 atom stereocenters. The number of hydrogen-bond donors (Lipinski definition) is 6. The van der Waals surface area contributed by atoms with Crippen LogP contribution in [0.25, 0.3) is 6.08 Å². The Morgan fingerprint density at radius 1 is 0.539 bits per heavy atom. The normalized spacial score (nSPS) is 19.3. The number of amides is 2. The molecule has 11 heteroatoms. The van der Waals surface area contributed by atoms with Gasteiger partial charge >= 0.3 is 0 Å². The van der Waals surface area contributed by atoms with Crippen molar-refractivity contribution in [3.05, 3.63) is 156 Å². The first-order valence-corrected chi connectivity index (χ1v) is 27.4. The van der Waals surface area contributed by atoms with Crippen LogP contribution in [0.15, 0.2) is 139 Å². The fourth-order valence-corrected chi connectivity index (χ4v) is 10.7. The highest BCUT2D eigenvalue weighted by Gasteiger charge is 2.34. The molecule has 0 aliphatic carbocycles. The maximum atomic E-state index is 13.3. The van der Waals surface area contributed by atoms with Gasteiger partial charge in [0, 0.05) is 49.1 Å². The monoisotopic (exact) mass is 1050 g/mol. The molecule has 0 aliphatic rings. The number of allylic oxidation sites excluding steroid dienone is 10. The third-order valence-electron chi connectivity index (χ3n) is 15.4. The first-order valence-electron chi connectivity index (χ1n) is 27.4. The number of hydrogen-bond acceptors (Lipinski definition) is 9. The van der Waals surface area contributed by atoms with Crippen LogP contribution in [0.2, 0.25) is 0 Å². The molecule has 1 aromatic heterocycles. The van der Waals surface area contributed by atoms with E-state index in [0.29, 0.717) is 25.0 Å². The fourth-order valence-electron chi connectivity index (χ4n) is 10.7. The van der Waals surface area contributed by atoms with Crippen LogP contribution in [-0.2, 0) is 32.0 Å². The number of carbonyl (C=O) groups excluding carboxylic acids is 4. The minimum Gasteiger partial charge on any atom is -0.393 e. The first kappa shape index (κ1) is 66.5. The molecule has 0 radical (unpaired) electrons. The van der Waals surface area contributed by atoms with Gasteiger partial charge in [-0.05, 0) is 103 Å². The van der Waals surface area contributed by atoms with Crippen LogP contribution in [0.1, 0.15) is 126 Å². The SMILES string of the molecule is C=C/C=C\C(C)C(CC(N)=O)C(C)C(O)C(C)C/C(C)=C\C(C)C(O)C(C)/C=C\C(=O)Cc1ncccc1/C=C\C=C/C(C)C(CC(N)=O)C(C)C(O)C(C)C/C(C)=C\C(C)C(O)C(C)/C=C\C(=O)Cc1ccccc1. The number of ketones is 2. The van der Waals surface area contributed by atoms with E-state index in [4.69, 9.17) is 11.5 Å². The summed E-state index contributed by atoms with van der Waals surface area (Å²) < 4.78 is 0. The lowest BCUT2D eigenvalue weighted by Gasteiger charge is -2.34. The summed E-state index contributed by atoms with van der Waals surface area (Å²) in [7, 11) is 0. The second-order valence-corrected chi connectivity index (χ2v) is 22.3. The summed E-state index contributed by atoms with van der Waals surface area (Å²) in [6, 6.07) is 13.3. The number of primary amides is 2. The van der Waals surface area contributed by atoms with Crippen molar-refractivity contribution in [2.24, 2.45) is 82.5 Å². The van der Waals surface area contributed by atoms with Gasteiger partial charge in [0.15, 0.2) is 11.6 Å². The van der Waals surface area contributed by atoms with E-state index in [9.17, 15) is 39.6 Å². The smallest absolute Gasteiger partial charge is 0.217 e. The van der Waals surface area contributed by atoms with Crippen molar-refractivity contribution in [1.29, 1.82) is 0 Å².